The van der Waals surface area contributed by atoms with Gasteiger partial charge in [-0.3, -0.25) is 14.4 Å². The molecule has 214 valence electrons. The first kappa shape index (κ1) is 28.2. The van der Waals surface area contributed by atoms with E-state index in [2.05, 4.69) is 10.6 Å². The quantitative estimate of drug-likeness (QED) is 0.463. The molecule has 2 N–H and O–H groups in total. The number of hydrogen-bond donors (Lipinski definition) is 2. The number of alkyl halides is 3. The third kappa shape index (κ3) is 6.35. The molecule has 11 heteroatoms. The number of carbonyl (C=O) groups is 3. The number of hydrogen-bond acceptors (Lipinski definition) is 5. The molecule has 3 atom stereocenters. The molecule has 0 spiro atoms. The van der Waals surface area contributed by atoms with Crippen LogP contribution in [-0.2, 0) is 10.9 Å². The lowest BCUT2D eigenvalue weighted by atomic mass is 9.95. The van der Waals surface area contributed by atoms with E-state index in [1.807, 2.05) is 6.07 Å². The van der Waals surface area contributed by atoms with Crippen LogP contribution < -0.4 is 15.4 Å². The largest absolute Gasteiger partial charge is 0.490 e. The molecule has 0 saturated carbocycles. The van der Waals surface area contributed by atoms with Gasteiger partial charge in [-0.25, -0.2) is 0 Å². The second-order valence-electron chi connectivity index (χ2n) is 9.98. The maximum atomic E-state index is 13.5. The highest BCUT2D eigenvalue weighted by Crippen LogP contribution is 2.32. The van der Waals surface area contributed by atoms with E-state index in [0.29, 0.717) is 36.4 Å². The molecule has 1 saturated heterocycles. The summed E-state index contributed by atoms with van der Waals surface area (Å²) in [7, 11) is 1.68. The number of fused-ring (bicyclic) bond motifs is 2. The van der Waals surface area contributed by atoms with Crippen molar-refractivity contribution in [2.45, 2.75) is 37.3 Å². The second kappa shape index (κ2) is 11.6. The fourth-order valence-corrected chi connectivity index (χ4v) is 5.02. The zero-order valence-corrected chi connectivity index (χ0v) is 22.1. The summed E-state index contributed by atoms with van der Waals surface area (Å²) in [5, 5.41) is 5.53. The van der Waals surface area contributed by atoms with Crippen molar-refractivity contribution in [1.82, 2.24) is 10.2 Å². The second-order valence-corrected chi connectivity index (χ2v) is 9.98. The van der Waals surface area contributed by atoms with Crippen LogP contribution in [0.1, 0.15) is 49.5 Å². The smallest absolute Gasteiger partial charge is 0.416 e. The van der Waals surface area contributed by atoms with Gasteiger partial charge in [0.05, 0.1) is 23.3 Å². The number of carbonyl (C=O) groups excluding carboxylic acids is 3. The Balaban J connectivity index is 1.24. The summed E-state index contributed by atoms with van der Waals surface area (Å²) in [6, 6.07) is 17.1. The number of rotatable bonds is 5. The number of ether oxygens (including phenoxy) is 2. The molecular formula is C30H28F3N3O5. The van der Waals surface area contributed by atoms with Crippen molar-refractivity contribution in [3.8, 4) is 5.75 Å². The summed E-state index contributed by atoms with van der Waals surface area (Å²) in [4.78, 5) is 40.1. The molecule has 2 heterocycles. The van der Waals surface area contributed by atoms with E-state index < -0.39 is 23.8 Å². The molecule has 0 aliphatic carbocycles. The molecule has 3 aromatic rings. The Bertz CT molecular complexity index is 1430. The van der Waals surface area contributed by atoms with Crippen molar-refractivity contribution in [1.29, 1.82) is 0 Å². The maximum Gasteiger partial charge on any atom is 0.416 e. The van der Waals surface area contributed by atoms with Crippen molar-refractivity contribution in [3.63, 3.8) is 0 Å². The summed E-state index contributed by atoms with van der Waals surface area (Å²) in [6.07, 6.45) is -3.88. The van der Waals surface area contributed by atoms with Crippen LogP contribution in [0.15, 0.2) is 72.8 Å². The van der Waals surface area contributed by atoms with Crippen molar-refractivity contribution < 1.29 is 37.0 Å². The Morgan fingerprint density at radius 3 is 2.37 bits per heavy atom. The van der Waals surface area contributed by atoms with Gasteiger partial charge in [0, 0.05) is 30.4 Å². The zero-order chi connectivity index (χ0) is 29.1. The Kier molecular flexibility index (Phi) is 7.98. The lowest BCUT2D eigenvalue weighted by molar-refractivity contribution is -0.137. The van der Waals surface area contributed by atoms with Gasteiger partial charge in [0.15, 0.2) is 0 Å². The Morgan fingerprint density at radius 2 is 1.66 bits per heavy atom. The van der Waals surface area contributed by atoms with Crippen LogP contribution in [0.25, 0.3) is 0 Å². The van der Waals surface area contributed by atoms with Crippen LogP contribution in [0.4, 0.5) is 18.9 Å². The summed E-state index contributed by atoms with van der Waals surface area (Å²) in [5.74, 6) is -0.805. The number of nitrogens with one attached hydrogen (secondary N) is 2. The maximum absolute atomic E-state index is 13.5. The molecule has 0 aromatic heterocycles. The highest BCUT2D eigenvalue weighted by atomic mass is 19.4. The number of anilines is 1. The van der Waals surface area contributed by atoms with Gasteiger partial charge < -0.3 is 25.0 Å². The van der Waals surface area contributed by atoms with Gasteiger partial charge in [-0.15, -0.1) is 0 Å². The average Bonchev–Trinajstić information content (AvgIpc) is 2.98. The van der Waals surface area contributed by atoms with Crippen molar-refractivity contribution in [2.75, 3.05) is 25.5 Å². The normalized spacial score (nSPS) is 20.5. The lowest BCUT2D eigenvalue weighted by Crippen LogP contribution is -2.54. The average molecular weight is 568 g/mol. The third-order valence-corrected chi connectivity index (χ3v) is 7.27. The van der Waals surface area contributed by atoms with Crippen molar-refractivity contribution >= 4 is 23.4 Å². The SMILES string of the molecule is CN1C(=O)c2cc(NC(=O)c3ccc(C(F)(F)F)cc3)ccc2OC[C@@H]2O[C@H](CNC(=O)c3ccccc3)CC[C@@H]21. The summed E-state index contributed by atoms with van der Waals surface area (Å²) < 4.78 is 50.7. The number of benzene rings is 3. The predicted octanol–water partition coefficient (Wildman–Crippen LogP) is 4.77. The van der Waals surface area contributed by atoms with E-state index in [-0.39, 0.29) is 41.7 Å². The van der Waals surface area contributed by atoms with Crippen LogP contribution in [0.5, 0.6) is 5.75 Å². The van der Waals surface area contributed by atoms with E-state index in [9.17, 15) is 27.6 Å². The minimum atomic E-state index is -4.50. The Hall–Kier alpha value is -4.38. The first-order valence-electron chi connectivity index (χ1n) is 13.1. The highest BCUT2D eigenvalue weighted by molar-refractivity contribution is 6.05. The summed E-state index contributed by atoms with van der Waals surface area (Å²) in [6.45, 7) is 0.503. The van der Waals surface area contributed by atoms with E-state index in [4.69, 9.17) is 9.47 Å². The molecule has 1 fully saturated rings. The van der Waals surface area contributed by atoms with Crippen LogP contribution in [0.2, 0.25) is 0 Å². The van der Waals surface area contributed by atoms with Gasteiger partial charge in [-0.1, -0.05) is 18.2 Å². The Morgan fingerprint density at radius 1 is 0.951 bits per heavy atom. The van der Waals surface area contributed by atoms with E-state index >= 15 is 0 Å². The minimum Gasteiger partial charge on any atom is -0.490 e. The van der Waals surface area contributed by atoms with Gasteiger partial charge >= 0.3 is 6.18 Å². The standard InChI is InChI=1S/C30H28F3N3O5/c1-36-24-13-12-22(16-34-27(37)18-5-3-2-4-6-18)41-26(24)17-40-25-14-11-21(15-23(25)29(36)39)35-28(38)19-7-9-20(10-8-19)30(31,32)33/h2-11,14-15,22,24,26H,12-13,16-17H2,1H3,(H,34,37)(H,35,38)/t22-,24-,26-/m0/s1. The molecule has 41 heavy (non-hydrogen) atoms. The minimum absolute atomic E-state index is 0.0427. The molecule has 2 aliphatic rings. The molecule has 0 unspecified atom stereocenters. The first-order valence-corrected chi connectivity index (χ1v) is 13.1. The molecule has 0 radical (unpaired) electrons. The van der Waals surface area contributed by atoms with Crippen LogP contribution >= 0.6 is 0 Å². The molecule has 0 bridgehead atoms. The molecule has 3 aromatic carbocycles. The van der Waals surface area contributed by atoms with Crippen LogP contribution in [-0.4, -0.2) is 61.1 Å². The third-order valence-electron chi connectivity index (χ3n) is 7.27. The molecule has 8 nitrogen and oxygen atoms in total. The van der Waals surface area contributed by atoms with E-state index in [0.717, 1.165) is 24.3 Å². The topological polar surface area (TPSA) is 97.0 Å². The summed E-state index contributed by atoms with van der Waals surface area (Å²) in [5.41, 5.74) is 0.293. The van der Waals surface area contributed by atoms with Crippen molar-refractivity contribution in [3.05, 3.63) is 95.1 Å². The monoisotopic (exact) mass is 567 g/mol. The number of nitrogens with zero attached hydrogens (tertiary/aromatic N) is 1. The highest BCUT2D eigenvalue weighted by Gasteiger charge is 2.39. The molecular weight excluding hydrogens is 539 g/mol. The molecule has 3 amide bonds. The number of amides is 3. The van der Waals surface area contributed by atoms with Gasteiger partial charge in [-0.2, -0.15) is 13.2 Å². The van der Waals surface area contributed by atoms with Gasteiger partial charge in [0.2, 0.25) is 0 Å². The lowest BCUT2D eigenvalue weighted by Gasteiger charge is -2.42. The number of halogens is 3. The number of likely N-dealkylation sites (N-methyl/N-ethyl adjacent to an activating group) is 1. The molecule has 2 aliphatic heterocycles. The van der Waals surface area contributed by atoms with Gasteiger partial charge in [0.25, 0.3) is 17.7 Å². The van der Waals surface area contributed by atoms with Gasteiger partial charge in [0.1, 0.15) is 18.5 Å². The van der Waals surface area contributed by atoms with Crippen LogP contribution in [0, 0.1) is 0 Å². The fourth-order valence-electron chi connectivity index (χ4n) is 5.02. The first-order chi connectivity index (χ1) is 19.6. The van der Waals surface area contributed by atoms with Crippen molar-refractivity contribution in [2.24, 2.45) is 0 Å². The molecule has 5 rings (SSSR count). The van der Waals surface area contributed by atoms with E-state index in [1.54, 1.807) is 48.3 Å². The summed E-state index contributed by atoms with van der Waals surface area (Å²) >= 11 is 0. The zero-order valence-electron chi connectivity index (χ0n) is 22.1. The van der Waals surface area contributed by atoms with Crippen LogP contribution in [0.3, 0.4) is 0 Å². The Labute approximate surface area is 234 Å². The van der Waals surface area contributed by atoms with Gasteiger partial charge in [-0.05, 0) is 67.4 Å². The fraction of sp³-hybridized carbons (Fsp3) is 0.300. The predicted molar refractivity (Wildman–Crippen MR) is 144 cm³/mol. The van der Waals surface area contributed by atoms with E-state index in [1.165, 1.54) is 6.07 Å².